The molecule has 0 fully saturated rings. The Kier molecular flexibility index (Phi) is 9.67. The van der Waals surface area contributed by atoms with Gasteiger partial charge in [0.1, 0.15) is 0 Å². The molecule has 3 rings (SSSR count). The molecule has 0 amide bonds. The maximum Gasteiger partial charge on any atom is 0.430 e. The number of methoxy groups -OCH3 is 1. The van der Waals surface area contributed by atoms with E-state index >= 15 is 0 Å². The van der Waals surface area contributed by atoms with Gasteiger partial charge in [0, 0.05) is 5.41 Å². The zero-order valence-electron chi connectivity index (χ0n) is 24.1. The molecule has 1 N–H and O–H groups in total. The van der Waals surface area contributed by atoms with Crippen molar-refractivity contribution < 1.29 is 41.0 Å². The van der Waals surface area contributed by atoms with Crippen LogP contribution in [0.4, 0.5) is 26.3 Å². The Bertz CT molecular complexity index is 1420. The predicted molar refractivity (Wildman–Crippen MR) is 151 cm³/mol. The number of ether oxygens (including phenoxy) is 1. The van der Waals surface area contributed by atoms with E-state index in [1.807, 2.05) is 57.2 Å². The van der Waals surface area contributed by atoms with Gasteiger partial charge in [0.25, 0.3) is 5.60 Å². The average Bonchev–Trinajstić information content (AvgIpc) is 2.92. The predicted octanol–water partition coefficient (Wildman–Crippen LogP) is 8.66. The van der Waals surface area contributed by atoms with Gasteiger partial charge in [0.15, 0.2) is 0 Å². The normalized spacial score (nSPS) is 13.0. The van der Waals surface area contributed by atoms with Crippen LogP contribution in [0, 0.1) is 13.8 Å². The quantitative estimate of drug-likeness (QED) is 0.200. The first-order valence-electron chi connectivity index (χ1n) is 13.5. The molecule has 0 heterocycles. The van der Waals surface area contributed by atoms with E-state index in [0.717, 1.165) is 33.4 Å². The lowest BCUT2D eigenvalue weighted by molar-refractivity contribution is -0.347. The number of benzene rings is 3. The Morgan fingerprint density at radius 1 is 0.810 bits per heavy atom. The summed E-state index contributed by atoms with van der Waals surface area (Å²) in [5, 5.41) is 9.48. The van der Waals surface area contributed by atoms with Gasteiger partial charge in [-0.3, -0.25) is 4.79 Å². The molecular formula is C33H34F6O3. The summed E-state index contributed by atoms with van der Waals surface area (Å²) in [5.41, 5.74) is 0.961. The average molecular weight is 593 g/mol. The highest BCUT2D eigenvalue weighted by Gasteiger charge is 2.68. The van der Waals surface area contributed by atoms with E-state index in [1.54, 1.807) is 19.1 Å². The Morgan fingerprint density at radius 2 is 1.33 bits per heavy atom. The first-order chi connectivity index (χ1) is 19.5. The first-order valence-corrected chi connectivity index (χ1v) is 13.5. The molecule has 3 aromatic rings. The van der Waals surface area contributed by atoms with Crippen LogP contribution < -0.4 is 0 Å². The van der Waals surface area contributed by atoms with Gasteiger partial charge in [-0.15, -0.1) is 0 Å². The van der Waals surface area contributed by atoms with Gasteiger partial charge in [-0.05, 0) is 77.3 Å². The van der Waals surface area contributed by atoms with Crippen LogP contribution in [0.1, 0.15) is 60.1 Å². The van der Waals surface area contributed by atoms with Crippen LogP contribution in [0.3, 0.4) is 0 Å². The van der Waals surface area contributed by atoms with Crippen molar-refractivity contribution in [1.82, 2.24) is 0 Å². The maximum atomic E-state index is 13.1. The molecular weight excluding hydrogens is 558 g/mol. The highest BCUT2D eigenvalue weighted by Crippen LogP contribution is 2.45. The smallest absolute Gasteiger partial charge is 0.430 e. The van der Waals surface area contributed by atoms with Crippen molar-refractivity contribution in [2.45, 2.75) is 70.3 Å². The number of alkyl halides is 6. The van der Waals surface area contributed by atoms with Crippen LogP contribution in [0.25, 0.3) is 17.2 Å². The molecule has 0 atom stereocenters. The molecule has 9 heteroatoms. The van der Waals surface area contributed by atoms with Crippen molar-refractivity contribution in [3.63, 3.8) is 0 Å². The SMILES string of the molecule is CCC(CC)(c1ccc(C=CC(O)(C(F)(F)F)C(F)(F)F)c(C)c1)c1ccc(-c2ccc(CC(=O)OC)cc2)c(C)c1. The third kappa shape index (κ3) is 6.41. The Labute approximate surface area is 241 Å². The molecule has 0 saturated heterocycles. The second kappa shape index (κ2) is 12.3. The van der Waals surface area contributed by atoms with Crippen molar-refractivity contribution in [2.24, 2.45) is 0 Å². The molecule has 0 unspecified atom stereocenters. The molecule has 42 heavy (non-hydrogen) atoms. The number of carbonyl (C=O) groups is 1. The number of rotatable bonds is 9. The fourth-order valence-corrected chi connectivity index (χ4v) is 5.28. The summed E-state index contributed by atoms with van der Waals surface area (Å²) in [5.74, 6) is -0.317. The Balaban J connectivity index is 1.97. The van der Waals surface area contributed by atoms with Crippen LogP contribution in [-0.2, 0) is 21.4 Å². The van der Waals surface area contributed by atoms with Crippen LogP contribution in [0.5, 0.6) is 0 Å². The molecule has 0 saturated carbocycles. The highest BCUT2D eigenvalue weighted by atomic mass is 19.4. The number of hydrogen-bond acceptors (Lipinski definition) is 3. The molecule has 0 aliphatic rings. The molecule has 226 valence electrons. The summed E-state index contributed by atoms with van der Waals surface area (Å²) in [6, 6.07) is 18.8. The topological polar surface area (TPSA) is 46.5 Å². The summed E-state index contributed by atoms with van der Waals surface area (Å²) in [4.78, 5) is 11.6. The summed E-state index contributed by atoms with van der Waals surface area (Å²) in [7, 11) is 1.34. The number of halogens is 6. The fraction of sp³-hybridized carbons (Fsp3) is 0.364. The summed E-state index contributed by atoms with van der Waals surface area (Å²) < 4.78 is 83.4. The van der Waals surface area contributed by atoms with Gasteiger partial charge < -0.3 is 9.84 Å². The van der Waals surface area contributed by atoms with Gasteiger partial charge >= 0.3 is 18.3 Å². The fourth-order valence-electron chi connectivity index (χ4n) is 5.28. The minimum absolute atomic E-state index is 0.133. The van der Waals surface area contributed by atoms with Crippen LogP contribution >= 0.6 is 0 Å². The van der Waals surface area contributed by atoms with Gasteiger partial charge in [0.2, 0.25) is 0 Å². The number of aryl methyl sites for hydroxylation is 2. The van der Waals surface area contributed by atoms with E-state index in [0.29, 0.717) is 24.5 Å². The van der Waals surface area contributed by atoms with E-state index in [-0.39, 0.29) is 24.0 Å². The first kappa shape index (κ1) is 32.9. The van der Waals surface area contributed by atoms with E-state index in [2.05, 4.69) is 6.07 Å². The minimum atomic E-state index is -5.93. The summed E-state index contributed by atoms with van der Waals surface area (Å²) in [6.07, 6.45) is -9.86. The van der Waals surface area contributed by atoms with Crippen LogP contribution in [0.15, 0.2) is 66.7 Å². The standard InChI is InChI=1S/C33H34F6O3/c1-6-30(7-2,26-13-12-24(21(3)18-26)16-17-31(41,32(34,35)36)33(37,38)39)27-14-15-28(22(4)19-27)25-10-8-23(9-11-25)20-29(40)42-5/h8-19,41H,6-7,20H2,1-5H3. The molecule has 0 bridgehead atoms. The van der Waals surface area contributed by atoms with Gasteiger partial charge in [-0.1, -0.05) is 80.6 Å². The van der Waals surface area contributed by atoms with Crippen LogP contribution in [-0.4, -0.2) is 36.1 Å². The zero-order valence-corrected chi connectivity index (χ0v) is 24.1. The molecule has 3 aromatic carbocycles. The molecule has 0 aliphatic carbocycles. The Morgan fingerprint density at radius 3 is 1.79 bits per heavy atom. The molecule has 0 spiro atoms. The summed E-state index contributed by atoms with van der Waals surface area (Å²) in [6.45, 7) is 7.67. The number of carbonyl (C=O) groups excluding carboxylic acids is 1. The van der Waals surface area contributed by atoms with Crippen molar-refractivity contribution >= 4 is 12.0 Å². The number of esters is 1. The largest absolute Gasteiger partial charge is 0.469 e. The minimum Gasteiger partial charge on any atom is -0.469 e. The number of aliphatic hydroxyl groups is 1. The third-order valence-corrected chi connectivity index (χ3v) is 8.02. The van der Waals surface area contributed by atoms with Crippen molar-refractivity contribution in [2.75, 3.05) is 7.11 Å². The maximum absolute atomic E-state index is 13.1. The van der Waals surface area contributed by atoms with Crippen molar-refractivity contribution in [3.8, 4) is 11.1 Å². The van der Waals surface area contributed by atoms with Crippen molar-refractivity contribution in [3.05, 3.63) is 100 Å². The summed E-state index contributed by atoms with van der Waals surface area (Å²) >= 11 is 0. The molecule has 0 aliphatic heterocycles. The second-order valence-electron chi connectivity index (χ2n) is 10.4. The molecule has 0 radical (unpaired) electrons. The highest BCUT2D eigenvalue weighted by molar-refractivity contribution is 5.73. The van der Waals surface area contributed by atoms with Crippen molar-refractivity contribution in [1.29, 1.82) is 0 Å². The molecule has 0 aromatic heterocycles. The Hall–Kier alpha value is -3.59. The van der Waals surface area contributed by atoms with E-state index in [9.17, 15) is 36.2 Å². The van der Waals surface area contributed by atoms with Gasteiger partial charge in [-0.25, -0.2) is 0 Å². The zero-order chi connectivity index (χ0) is 31.5. The van der Waals surface area contributed by atoms with E-state index in [1.165, 1.54) is 13.2 Å². The van der Waals surface area contributed by atoms with Gasteiger partial charge in [0.05, 0.1) is 13.5 Å². The second-order valence-corrected chi connectivity index (χ2v) is 10.4. The molecule has 3 nitrogen and oxygen atoms in total. The lowest BCUT2D eigenvalue weighted by Crippen LogP contribution is -2.55. The number of hydrogen-bond donors (Lipinski definition) is 1. The monoisotopic (exact) mass is 592 g/mol. The lowest BCUT2D eigenvalue weighted by atomic mass is 9.69. The van der Waals surface area contributed by atoms with E-state index < -0.39 is 23.4 Å². The van der Waals surface area contributed by atoms with E-state index in [4.69, 9.17) is 4.74 Å². The lowest BCUT2D eigenvalue weighted by Gasteiger charge is -2.34. The van der Waals surface area contributed by atoms with Crippen LogP contribution in [0.2, 0.25) is 0 Å². The van der Waals surface area contributed by atoms with Gasteiger partial charge in [-0.2, -0.15) is 26.3 Å². The third-order valence-electron chi connectivity index (χ3n) is 8.02.